The van der Waals surface area contributed by atoms with Crippen LogP contribution in [0, 0.1) is 12.8 Å². The van der Waals surface area contributed by atoms with Gasteiger partial charge in [-0.25, -0.2) is 4.79 Å². The molecule has 1 aliphatic heterocycles. The van der Waals surface area contributed by atoms with Gasteiger partial charge in [-0.2, -0.15) is 0 Å². The van der Waals surface area contributed by atoms with E-state index >= 15 is 0 Å². The molecule has 8 nitrogen and oxygen atoms in total. The van der Waals surface area contributed by atoms with Gasteiger partial charge >= 0.3 is 5.97 Å². The molecular formula is C24H26N2O6. The number of rotatable bonds is 7. The van der Waals surface area contributed by atoms with E-state index in [2.05, 4.69) is 10.6 Å². The Hall–Kier alpha value is -3.68. The molecule has 8 heteroatoms. The Kier molecular flexibility index (Phi) is 6.92. The van der Waals surface area contributed by atoms with Gasteiger partial charge < -0.3 is 20.1 Å². The third kappa shape index (κ3) is 5.32. The molecule has 3 rings (SSSR count). The highest BCUT2D eigenvalue weighted by Gasteiger charge is 2.30. The third-order valence-corrected chi connectivity index (χ3v) is 5.05. The molecule has 168 valence electrons. The number of Topliss-reactive ketones (excluding diaryl/α,β-unsaturated/α-hetero) is 1. The number of hydrogen-bond acceptors (Lipinski definition) is 6. The minimum atomic E-state index is -1.09. The summed E-state index contributed by atoms with van der Waals surface area (Å²) in [5.41, 5.74) is 2.01. The number of ketones is 1. The Labute approximate surface area is 186 Å². The fraction of sp³-hybridized carbons (Fsp3) is 0.333. The molecule has 0 spiro atoms. The maximum absolute atomic E-state index is 12.8. The first-order valence-corrected chi connectivity index (χ1v) is 10.3. The molecule has 32 heavy (non-hydrogen) atoms. The largest absolute Gasteiger partial charge is 0.482 e. The number of hydrogen-bond donors (Lipinski definition) is 2. The highest BCUT2D eigenvalue weighted by molar-refractivity contribution is 6.03. The van der Waals surface area contributed by atoms with Crippen LogP contribution in [0.2, 0.25) is 0 Å². The first-order valence-electron chi connectivity index (χ1n) is 10.3. The maximum Gasteiger partial charge on any atom is 0.329 e. The minimum Gasteiger partial charge on any atom is -0.482 e. The highest BCUT2D eigenvalue weighted by Crippen LogP contribution is 2.29. The van der Waals surface area contributed by atoms with E-state index in [9.17, 15) is 19.2 Å². The second-order valence-electron chi connectivity index (χ2n) is 8.06. The molecule has 0 saturated carbocycles. The van der Waals surface area contributed by atoms with Crippen LogP contribution in [0.1, 0.15) is 47.1 Å². The molecule has 2 aromatic carbocycles. The van der Waals surface area contributed by atoms with Gasteiger partial charge in [0.2, 0.25) is 5.78 Å². The number of esters is 1. The lowest BCUT2D eigenvalue weighted by Crippen LogP contribution is -2.46. The average Bonchev–Trinajstić information content (AvgIpc) is 2.75. The van der Waals surface area contributed by atoms with Crippen LogP contribution in [-0.4, -0.2) is 42.3 Å². The van der Waals surface area contributed by atoms with Crippen LogP contribution in [0.4, 0.5) is 5.69 Å². The van der Waals surface area contributed by atoms with E-state index < -0.39 is 29.8 Å². The SMILES string of the molecule is Cc1cccc(C(=O)NC(C(=O)OC(C)C(=O)c2ccc3c(c2)NC(=O)CO3)C(C)C)c1. The second kappa shape index (κ2) is 9.64. The van der Waals surface area contributed by atoms with Crippen LogP contribution < -0.4 is 15.4 Å². The Balaban J connectivity index is 1.68. The van der Waals surface area contributed by atoms with E-state index in [1.165, 1.54) is 13.0 Å². The summed E-state index contributed by atoms with van der Waals surface area (Å²) in [6.45, 7) is 6.81. The van der Waals surface area contributed by atoms with Crippen molar-refractivity contribution in [2.45, 2.75) is 39.8 Å². The molecule has 0 fully saturated rings. The van der Waals surface area contributed by atoms with Crippen molar-refractivity contribution >= 4 is 29.3 Å². The van der Waals surface area contributed by atoms with Crippen molar-refractivity contribution in [1.82, 2.24) is 5.32 Å². The van der Waals surface area contributed by atoms with Crippen LogP contribution in [0.15, 0.2) is 42.5 Å². The minimum absolute atomic E-state index is 0.0842. The first kappa shape index (κ1) is 23.0. The average molecular weight is 438 g/mol. The summed E-state index contributed by atoms with van der Waals surface area (Å²) in [5.74, 6) is -1.64. The van der Waals surface area contributed by atoms with Crippen molar-refractivity contribution in [3.05, 3.63) is 59.2 Å². The Morgan fingerprint density at radius 1 is 1.06 bits per heavy atom. The molecule has 0 aromatic heterocycles. The number of ether oxygens (including phenoxy) is 2. The van der Waals surface area contributed by atoms with Crippen LogP contribution in [0.3, 0.4) is 0 Å². The van der Waals surface area contributed by atoms with Gasteiger partial charge in [0.05, 0.1) is 5.69 Å². The molecule has 0 aliphatic carbocycles. The summed E-state index contributed by atoms with van der Waals surface area (Å²) in [5, 5.41) is 5.34. The summed E-state index contributed by atoms with van der Waals surface area (Å²) in [4.78, 5) is 49.7. The number of anilines is 1. The van der Waals surface area contributed by atoms with Gasteiger partial charge in [-0.15, -0.1) is 0 Å². The zero-order valence-corrected chi connectivity index (χ0v) is 18.4. The molecule has 2 N–H and O–H groups in total. The van der Waals surface area contributed by atoms with Gasteiger partial charge in [0.25, 0.3) is 11.8 Å². The van der Waals surface area contributed by atoms with Crippen LogP contribution in [0.25, 0.3) is 0 Å². The number of benzene rings is 2. The van der Waals surface area contributed by atoms with Gasteiger partial charge in [0.15, 0.2) is 12.7 Å². The number of amides is 2. The third-order valence-electron chi connectivity index (χ3n) is 5.05. The summed E-state index contributed by atoms with van der Waals surface area (Å²) in [7, 11) is 0. The van der Waals surface area contributed by atoms with Gasteiger partial charge in [0.1, 0.15) is 11.8 Å². The number of aryl methyl sites for hydroxylation is 1. The van der Waals surface area contributed by atoms with Gasteiger partial charge in [-0.3, -0.25) is 14.4 Å². The molecule has 0 radical (unpaired) electrons. The Bertz CT molecular complexity index is 1060. The molecule has 2 unspecified atom stereocenters. The fourth-order valence-corrected chi connectivity index (χ4v) is 3.28. The molecule has 0 saturated heterocycles. The monoisotopic (exact) mass is 438 g/mol. The Morgan fingerprint density at radius 3 is 2.50 bits per heavy atom. The predicted molar refractivity (Wildman–Crippen MR) is 118 cm³/mol. The number of carbonyl (C=O) groups excluding carboxylic acids is 4. The first-order chi connectivity index (χ1) is 15.2. The normalized spacial score (nSPS) is 14.5. The molecule has 2 atom stereocenters. The zero-order valence-electron chi connectivity index (χ0n) is 18.4. The van der Waals surface area contributed by atoms with E-state index in [4.69, 9.17) is 9.47 Å². The lowest BCUT2D eigenvalue weighted by atomic mass is 10.0. The van der Waals surface area contributed by atoms with Crippen LogP contribution in [-0.2, 0) is 14.3 Å². The van der Waals surface area contributed by atoms with E-state index in [-0.39, 0.29) is 24.0 Å². The van der Waals surface area contributed by atoms with Gasteiger partial charge in [0, 0.05) is 11.1 Å². The van der Waals surface area contributed by atoms with E-state index in [1.54, 1.807) is 44.2 Å². The fourth-order valence-electron chi connectivity index (χ4n) is 3.28. The van der Waals surface area contributed by atoms with E-state index in [0.29, 0.717) is 17.0 Å². The molecule has 2 amide bonds. The molecular weight excluding hydrogens is 412 g/mol. The summed E-state index contributed by atoms with van der Waals surface area (Å²) in [6, 6.07) is 10.7. The predicted octanol–water partition coefficient (Wildman–Crippen LogP) is 2.89. The van der Waals surface area contributed by atoms with Crippen LogP contribution in [0.5, 0.6) is 5.75 Å². The van der Waals surface area contributed by atoms with Crippen molar-refractivity contribution in [2.24, 2.45) is 5.92 Å². The number of fused-ring (bicyclic) bond motifs is 1. The number of carbonyl (C=O) groups is 4. The molecule has 2 aromatic rings. The zero-order chi connectivity index (χ0) is 23.4. The number of nitrogens with one attached hydrogen (secondary N) is 2. The highest BCUT2D eigenvalue weighted by atomic mass is 16.5. The second-order valence-corrected chi connectivity index (χ2v) is 8.06. The van der Waals surface area contributed by atoms with Gasteiger partial charge in [-0.1, -0.05) is 31.5 Å². The quantitative estimate of drug-likeness (QED) is 0.508. The van der Waals surface area contributed by atoms with E-state index in [0.717, 1.165) is 5.56 Å². The van der Waals surface area contributed by atoms with Crippen molar-refractivity contribution < 1.29 is 28.7 Å². The van der Waals surface area contributed by atoms with Crippen molar-refractivity contribution in [3.8, 4) is 5.75 Å². The molecule has 1 heterocycles. The lowest BCUT2D eigenvalue weighted by molar-refractivity contribution is -0.149. The smallest absolute Gasteiger partial charge is 0.329 e. The molecule has 1 aliphatic rings. The van der Waals surface area contributed by atoms with E-state index in [1.807, 2.05) is 13.0 Å². The summed E-state index contributed by atoms with van der Waals surface area (Å²) >= 11 is 0. The summed E-state index contributed by atoms with van der Waals surface area (Å²) < 4.78 is 10.7. The molecule has 0 bridgehead atoms. The van der Waals surface area contributed by atoms with Crippen LogP contribution >= 0.6 is 0 Å². The maximum atomic E-state index is 12.8. The lowest BCUT2D eigenvalue weighted by Gasteiger charge is -2.23. The van der Waals surface area contributed by atoms with Crippen molar-refractivity contribution in [3.63, 3.8) is 0 Å². The Morgan fingerprint density at radius 2 is 1.81 bits per heavy atom. The topological polar surface area (TPSA) is 111 Å². The standard InChI is InChI=1S/C24H26N2O6/c1-13(2)21(26-23(29)17-7-5-6-14(3)10-17)24(30)32-15(4)22(28)16-8-9-19-18(11-16)25-20(27)12-31-19/h5-11,13,15,21H,12H2,1-4H3,(H,25,27)(H,26,29). The van der Waals surface area contributed by atoms with Crippen molar-refractivity contribution in [1.29, 1.82) is 0 Å². The summed E-state index contributed by atoms with van der Waals surface area (Å²) in [6.07, 6.45) is -1.09. The van der Waals surface area contributed by atoms with Gasteiger partial charge in [-0.05, 0) is 50.1 Å². The van der Waals surface area contributed by atoms with Crippen molar-refractivity contribution in [2.75, 3.05) is 11.9 Å².